The summed E-state index contributed by atoms with van der Waals surface area (Å²) in [6.45, 7) is 0. The van der Waals surface area contributed by atoms with E-state index in [2.05, 4.69) is 106 Å². The Morgan fingerprint density at radius 3 is 0.474 bits per heavy atom. The number of methoxy groups -OCH3 is 6. The molecule has 0 aliphatic heterocycles. The third kappa shape index (κ3) is 8.38. The molecule has 0 N–H and O–H groups in total. The Kier molecular flexibility index (Phi) is 11.7. The van der Waals surface area contributed by atoms with Crippen molar-refractivity contribution in [2.45, 2.75) is 0 Å². The number of anilines is 9. The highest BCUT2D eigenvalue weighted by Gasteiger charge is 2.23. The fourth-order valence-electron chi connectivity index (χ4n) is 6.70. The van der Waals surface area contributed by atoms with Crippen molar-refractivity contribution in [3.8, 4) is 34.5 Å². The summed E-state index contributed by atoms with van der Waals surface area (Å²) in [6, 6.07) is 55.0. The molecule has 0 heterocycles. The molecule has 9 nitrogen and oxygen atoms in total. The third-order valence-corrected chi connectivity index (χ3v) is 9.65. The van der Waals surface area contributed by atoms with E-state index in [0.29, 0.717) is 0 Å². The Morgan fingerprint density at radius 1 is 0.211 bits per heavy atom. The van der Waals surface area contributed by atoms with Crippen LogP contribution in [-0.4, -0.2) is 42.7 Å². The second kappa shape index (κ2) is 17.5. The second-order valence-electron chi connectivity index (χ2n) is 12.9. The topological polar surface area (TPSA) is 65.1 Å². The molecule has 0 unspecified atom stereocenters. The third-order valence-electron chi connectivity index (χ3n) is 9.65. The molecule has 288 valence electrons. The average Bonchev–Trinajstić information content (AvgIpc) is 3.28. The molecule has 7 aromatic carbocycles. The summed E-state index contributed by atoms with van der Waals surface area (Å²) < 4.78 is 33.4. The van der Waals surface area contributed by atoms with Crippen molar-refractivity contribution in [3.05, 3.63) is 164 Å². The van der Waals surface area contributed by atoms with Crippen LogP contribution in [0.3, 0.4) is 0 Å². The lowest BCUT2D eigenvalue weighted by Crippen LogP contribution is -2.16. The number of ether oxygens (including phenoxy) is 6. The Hall–Kier alpha value is -7.26. The van der Waals surface area contributed by atoms with Gasteiger partial charge in [0.1, 0.15) is 34.5 Å². The number of nitrogens with zero attached hydrogens (tertiary/aromatic N) is 3. The van der Waals surface area contributed by atoms with E-state index in [1.165, 1.54) is 0 Å². The second-order valence-corrected chi connectivity index (χ2v) is 12.9. The van der Waals surface area contributed by atoms with Gasteiger partial charge in [-0.1, -0.05) is 0 Å². The highest BCUT2D eigenvalue weighted by molar-refractivity contribution is 5.89. The van der Waals surface area contributed by atoms with Gasteiger partial charge in [-0.05, 0) is 164 Å². The zero-order valence-electron chi connectivity index (χ0n) is 32.9. The van der Waals surface area contributed by atoms with Gasteiger partial charge in [-0.3, -0.25) is 0 Å². The van der Waals surface area contributed by atoms with Gasteiger partial charge in [0.25, 0.3) is 0 Å². The van der Waals surface area contributed by atoms with E-state index in [9.17, 15) is 0 Å². The SMILES string of the molecule is COc1ccc(N(c2ccc(OC)cc2)c2cc(N(c3ccc(OC)cc3)c3ccc(OC)cc3)cc(N(c3ccc(OC)cc3)c3ccc(OC)cc3)c2)cc1. The van der Waals surface area contributed by atoms with Crippen LogP contribution in [0.15, 0.2) is 164 Å². The van der Waals surface area contributed by atoms with Crippen molar-refractivity contribution < 1.29 is 28.4 Å². The molecule has 0 bridgehead atoms. The lowest BCUT2D eigenvalue weighted by atomic mass is 10.1. The fourth-order valence-corrected chi connectivity index (χ4v) is 6.70. The summed E-state index contributed by atoms with van der Waals surface area (Å²) in [5.41, 5.74) is 8.31. The molecule has 7 rings (SSSR count). The largest absolute Gasteiger partial charge is 0.497 e. The predicted molar refractivity (Wildman–Crippen MR) is 230 cm³/mol. The molecule has 7 aromatic rings. The van der Waals surface area contributed by atoms with Crippen LogP contribution in [0.1, 0.15) is 0 Å². The molecular formula is C48H45N3O6. The summed E-state index contributed by atoms with van der Waals surface area (Å²) in [5, 5.41) is 0. The van der Waals surface area contributed by atoms with Crippen LogP contribution >= 0.6 is 0 Å². The summed E-state index contributed by atoms with van der Waals surface area (Å²) in [5.74, 6) is 4.57. The average molecular weight is 760 g/mol. The van der Waals surface area contributed by atoms with Crippen molar-refractivity contribution in [2.24, 2.45) is 0 Å². The van der Waals surface area contributed by atoms with Crippen molar-refractivity contribution in [1.29, 1.82) is 0 Å². The monoisotopic (exact) mass is 759 g/mol. The molecule has 0 aromatic heterocycles. The first-order chi connectivity index (χ1) is 27.9. The van der Waals surface area contributed by atoms with Crippen LogP contribution in [-0.2, 0) is 0 Å². The highest BCUT2D eigenvalue weighted by Crippen LogP contribution is 2.47. The molecular weight excluding hydrogens is 715 g/mol. The summed E-state index contributed by atoms with van der Waals surface area (Å²) >= 11 is 0. The van der Waals surface area contributed by atoms with Gasteiger partial charge in [0.15, 0.2) is 0 Å². The van der Waals surface area contributed by atoms with Gasteiger partial charge in [-0.15, -0.1) is 0 Å². The van der Waals surface area contributed by atoms with Gasteiger partial charge < -0.3 is 43.1 Å². The first kappa shape index (κ1) is 38.0. The van der Waals surface area contributed by atoms with Crippen LogP contribution in [0, 0.1) is 0 Å². The Bertz CT molecular complexity index is 1930. The molecule has 9 heteroatoms. The molecule has 0 atom stereocenters. The van der Waals surface area contributed by atoms with Crippen LogP contribution in [0.5, 0.6) is 34.5 Å². The normalized spacial score (nSPS) is 10.6. The minimum Gasteiger partial charge on any atom is -0.497 e. The highest BCUT2D eigenvalue weighted by atomic mass is 16.5. The molecule has 57 heavy (non-hydrogen) atoms. The standard InChI is InChI=1S/C48H45N3O6/c1-52-43-19-7-34(8-20-43)49(35-9-21-44(53-2)22-10-35)40-31-41(50(36-11-23-45(54-3)24-12-36)37-13-25-46(55-4)26-14-37)33-42(32-40)51(38-15-27-47(56-5)28-16-38)39-17-29-48(57-6)30-18-39/h7-33H,1-6H3. The molecule has 0 aliphatic rings. The molecule has 0 saturated carbocycles. The van der Waals surface area contributed by atoms with Crippen molar-refractivity contribution >= 4 is 51.2 Å². The van der Waals surface area contributed by atoms with E-state index in [0.717, 1.165) is 85.7 Å². The number of hydrogen-bond donors (Lipinski definition) is 0. The van der Waals surface area contributed by atoms with Crippen LogP contribution in [0.4, 0.5) is 51.2 Å². The van der Waals surface area contributed by atoms with Crippen molar-refractivity contribution in [2.75, 3.05) is 57.4 Å². The van der Waals surface area contributed by atoms with Gasteiger partial charge in [-0.25, -0.2) is 0 Å². The predicted octanol–water partition coefficient (Wildman–Crippen LogP) is 12.1. The van der Waals surface area contributed by atoms with E-state index in [1.54, 1.807) is 42.7 Å². The molecule has 0 spiro atoms. The Labute approximate surface area is 334 Å². The molecule has 0 saturated heterocycles. The van der Waals surface area contributed by atoms with E-state index in [-0.39, 0.29) is 0 Å². The maximum atomic E-state index is 5.57. The quantitative estimate of drug-likeness (QED) is 0.102. The number of benzene rings is 7. The molecule has 0 fully saturated rings. The summed E-state index contributed by atoms with van der Waals surface area (Å²) in [7, 11) is 10.0. The molecule has 0 amide bonds. The van der Waals surface area contributed by atoms with Crippen molar-refractivity contribution in [1.82, 2.24) is 0 Å². The van der Waals surface area contributed by atoms with Gasteiger partial charge >= 0.3 is 0 Å². The van der Waals surface area contributed by atoms with E-state index in [4.69, 9.17) is 28.4 Å². The van der Waals surface area contributed by atoms with Gasteiger partial charge in [0.05, 0.1) is 59.7 Å². The summed E-state index contributed by atoms with van der Waals surface area (Å²) in [6.07, 6.45) is 0. The Balaban J connectivity index is 1.53. The number of rotatable bonds is 15. The van der Waals surface area contributed by atoms with Gasteiger partial charge in [0, 0.05) is 34.1 Å². The maximum absolute atomic E-state index is 5.57. The minimum atomic E-state index is 0.762. The van der Waals surface area contributed by atoms with E-state index < -0.39 is 0 Å². The number of hydrogen-bond acceptors (Lipinski definition) is 9. The smallest absolute Gasteiger partial charge is 0.119 e. The van der Waals surface area contributed by atoms with Crippen LogP contribution in [0.25, 0.3) is 0 Å². The lowest BCUT2D eigenvalue weighted by molar-refractivity contribution is 0.414. The van der Waals surface area contributed by atoms with Gasteiger partial charge in [-0.2, -0.15) is 0 Å². The van der Waals surface area contributed by atoms with E-state index in [1.807, 2.05) is 72.8 Å². The maximum Gasteiger partial charge on any atom is 0.119 e. The summed E-state index contributed by atoms with van der Waals surface area (Å²) in [4.78, 5) is 6.69. The molecule has 0 radical (unpaired) electrons. The zero-order chi connectivity index (χ0) is 39.7. The molecule has 0 aliphatic carbocycles. The van der Waals surface area contributed by atoms with Crippen LogP contribution in [0.2, 0.25) is 0 Å². The first-order valence-electron chi connectivity index (χ1n) is 18.3. The zero-order valence-corrected chi connectivity index (χ0v) is 32.9. The lowest BCUT2D eigenvalue weighted by Gasteiger charge is -2.33. The Morgan fingerprint density at radius 2 is 0.351 bits per heavy atom. The minimum absolute atomic E-state index is 0.762. The van der Waals surface area contributed by atoms with E-state index >= 15 is 0 Å². The van der Waals surface area contributed by atoms with Crippen molar-refractivity contribution in [3.63, 3.8) is 0 Å². The first-order valence-corrected chi connectivity index (χ1v) is 18.3. The van der Waals surface area contributed by atoms with Gasteiger partial charge in [0.2, 0.25) is 0 Å². The fraction of sp³-hybridized carbons (Fsp3) is 0.125. The van der Waals surface area contributed by atoms with Crippen LogP contribution < -0.4 is 43.1 Å².